The second kappa shape index (κ2) is 8.01. The van der Waals surface area contributed by atoms with Gasteiger partial charge in [-0.1, -0.05) is 35.5 Å². The third-order valence-electron chi connectivity index (χ3n) is 3.93. The van der Waals surface area contributed by atoms with Crippen LogP contribution in [-0.2, 0) is 4.79 Å². The Morgan fingerprint density at radius 1 is 1.26 bits per heavy atom. The maximum Gasteiger partial charge on any atom is 0.237 e. The molecule has 7 nitrogen and oxygen atoms in total. The van der Waals surface area contributed by atoms with Crippen LogP contribution in [0.1, 0.15) is 23.6 Å². The summed E-state index contributed by atoms with van der Waals surface area (Å²) in [7, 11) is 0. The predicted octanol–water partition coefficient (Wildman–Crippen LogP) is 3.27. The van der Waals surface area contributed by atoms with Gasteiger partial charge in [0.2, 0.25) is 11.1 Å². The number of thioether (sulfide) groups is 1. The van der Waals surface area contributed by atoms with E-state index in [-0.39, 0.29) is 5.91 Å². The first kappa shape index (κ1) is 18.6. The van der Waals surface area contributed by atoms with Crippen LogP contribution in [-0.4, -0.2) is 31.4 Å². The second-order valence-corrected chi connectivity index (χ2v) is 7.41. The molecule has 8 heteroatoms. The molecule has 0 saturated carbocycles. The molecule has 1 N–H and O–H groups in total. The van der Waals surface area contributed by atoms with Gasteiger partial charge < -0.3 is 5.32 Å². The van der Waals surface area contributed by atoms with Crippen molar-refractivity contribution in [3.05, 3.63) is 59.2 Å². The minimum atomic E-state index is -0.425. The Morgan fingerprint density at radius 3 is 2.81 bits per heavy atom. The molecule has 0 aliphatic carbocycles. The number of tetrazole rings is 1. The van der Waals surface area contributed by atoms with E-state index in [1.165, 1.54) is 11.8 Å². The van der Waals surface area contributed by atoms with Gasteiger partial charge in [0, 0.05) is 5.69 Å². The summed E-state index contributed by atoms with van der Waals surface area (Å²) in [5.41, 5.74) is 4.16. The van der Waals surface area contributed by atoms with Crippen LogP contribution in [0.5, 0.6) is 0 Å². The highest BCUT2D eigenvalue weighted by Gasteiger charge is 2.20. The Kier molecular flexibility index (Phi) is 5.52. The molecule has 0 aliphatic heterocycles. The van der Waals surface area contributed by atoms with Crippen molar-refractivity contribution in [3.63, 3.8) is 0 Å². The Bertz CT molecular complexity index is 1020. The van der Waals surface area contributed by atoms with Crippen molar-refractivity contribution in [2.24, 2.45) is 0 Å². The summed E-state index contributed by atoms with van der Waals surface area (Å²) in [4.78, 5) is 12.5. The fourth-order valence-electron chi connectivity index (χ4n) is 2.57. The van der Waals surface area contributed by atoms with Crippen molar-refractivity contribution in [1.29, 1.82) is 5.26 Å². The molecule has 1 amide bonds. The molecule has 1 aromatic heterocycles. The standard InChI is InChI=1S/C19H18N6OS/c1-12-7-8-17(13(2)9-12)25-19(22-23-24-25)27-14(3)18(26)21-16-6-4-5-15(10-16)11-20/h4-10,14H,1-3H3,(H,21,26). The van der Waals surface area contributed by atoms with Crippen LogP contribution in [0.4, 0.5) is 5.69 Å². The lowest BCUT2D eigenvalue weighted by Gasteiger charge is -2.13. The second-order valence-electron chi connectivity index (χ2n) is 6.11. The number of carbonyl (C=O) groups excluding carboxylic acids is 1. The van der Waals surface area contributed by atoms with Crippen LogP contribution in [0, 0.1) is 25.2 Å². The zero-order valence-electron chi connectivity index (χ0n) is 15.2. The highest BCUT2D eigenvalue weighted by atomic mass is 32.2. The Morgan fingerprint density at radius 2 is 2.07 bits per heavy atom. The molecule has 1 heterocycles. The zero-order valence-corrected chi connectivity index (χ0v) is 16.0. The molecule has 27 heavy (non-hydrogen) atoms. The number of nitriles is 1. The van der Waals surface area contributed by atoms with E-state index >= 15 is 0 Å². The lowest BCUT2D eigenvalue weighted by molar-refractivity contribution is -0.115. The number of nitrogens with one attached hydrogen (secondary N) is 1. The van der Waals surface area contributed by atoms with Crippen molar-refractivity contribution in [2.45, 2.75) is 31.2 Å². The number of carbonyl (C=O) groups is 1. The molecular weight excluding hydrogens is 360 g/mol. The molecule has 136 valence electrons. The van der Waals surface area contributed by atoms with E-state index < -0.39 is 5.25 Å². The number of amides is 1. The first-order valence-corrected chi connectivity index (χ1v) is 9.19. The topological polar surface area (TPSA) is 96.5 Å². The summed E-state index contributed by atoms with van der Waals surface area (Å²) >= 11 is 1.27. The third kappa shape index (κ3) is 4.33. The van der Waals surface area contributed by atoms with Gasteiger partial charge in [0.25, 0.3) is 0 Å². The van der Waals surface area contributed by atoms with E-state index in [0.29, 0.717) is 16.4 Å². The van der Waals surface area contributed by atoms with E-state index in [1.807, 2.05) is 26.0 Å². The summed E-state index contributed by atoms with van der Waals surface area (Å²) in [5.74, 6) is -0.190. The van der Waals surface area contributed by atoms with Crippen LogP contribution in [0.15, 0.2) is 47.6 Å². The average Bonchev–Trinajstić information content (AvgIpc) is 3.09. The molecule has 1 unspecified atom stereocenters. The third-order valence-corrected chi connectivity index (χ3v) is 4.97. The number of hydrogen-bond donors (Lipinski definition) is 1. The molecule has 0 saturated heterocycles. The predicted molar refractivity (Wildman–Crippen MR) is 104 cm³/mol. The summed E-state index contributed by atoms with van der Waals surface area (Å²) in [6.45, 7) is 5.81. The van der Waals surface area contributed by atoms with Crippen LogP contribution >= 0.6 is 11.8 Å². The van der Waals surface area contributed by atoms with Crippen molar-refractivity contribution in [2.75, 3.05) is 5.32 Å². The molecule has 0 bridgehead atoms. The van der Waals surface area contributed by atoms with Crippen molar-refractivity contribution < 1.29 is 4.79 Å². The number of benzene rings is 2. The first-order chi connectivity index (χ1) is 13.0. The van der Waals surface area contributed by atoms with Gasteiger partial charge in [0.1, 0.15) is 0 Å². The first-order valence-electron chi connectivity index (χ1n) is 8.31. The van der Waals surface area contributed by atoms with Crippen molar-refractivity contribution >= 4 is 23.4 Å². The average molecular weight is 378 g/mol. The number of aromatic nitrogens is 4. The lowest BCUT2D eigenvalue weighted by atomic mass is 10.1. The molecule has 3 rings (SSSR count). The largest absolute Gasteiger partial charge is 0.325 e. The quantitative estimate of drug-likeness (QED) is 0.685. The Labute approximate surface area is 161 Å². The molecule has 0 aliphatic rings. The van der Waals surface area contributed by atoms with Gasteiger partial charge in [-0.3, -0.25) is 4.79 Å². The van der Waals surface area contributed by atoms with Gasteiger partial charge >= 0.3 is 0 Å². The molecule has 2 aromatic carbocycles. The van der Waals surface area contributed by atoms with E-state index in [0.717, 1.165) is 16.8 Å². The normalized spacial score (nSPS) is 11.6. The summed E-state index contributed by atoms with van der Waals surface area (Å²) < 4.78 is 1.64. The number of rotatable bonds is 5. The smallest absolute Gasteiger partial charge is 0.237 e. The van der Waals surface area contributed by atoms with E-state index in [4.69, 9.17) is 5.26 Å². The summed E-state index contributed by atoms with van der Waals surface area (Å²) in [6, 6.07) is 14.9. The van der Waals surface area contributed by atoms with Gasteiger partial charge in [-0.05, 0) is 61.0 Å². The maximum absolute atomic E-state index is 12.5. The highest BCUT2D eigenvalue weighted by molar-refractivity contribution is 8.00. The monoisotopic (exact) mass is 378 g/mol. The fraction of sp³-hybridized carbons (Fsp3) is 0.211. The van der Waals surface area contributed by atoms with Crippen molar-refractivity contribution in [3.8, 4) is 11.8 Å². The van der Waals surface area contributed by atoms with E-state index in [2.05, 4.69) is 33.0 Å². The number of aryl methyl sites for hydroxylation is 2. The fourth-order valence-corrected chi connectivity index (χ4v) is 3.37. The molecule has 0 spiro atoms. The number of hydrogen-bond acceptors (Lipinski definition) is 6. The summed E-state index contributed by atoms with van der Waals surface area (Å²) in [6.07, 6.45) is 0. The highest BCUT2D eigenvalue weighted by Crippen LogP contribution is 2.25. The Hall–Kier alpha value is -3.18. The molecule has 3 aromatic rings. The Balaban J connectivity index is 1.75. The van der Waals surface area contributed by atoms with Gasteiger partial charge in [0.05, 0.1) is 22.6 Å². The molecule has 0 fully saturated rings. The summed E-state index contributed by atoms with van der Waals surface area (Å²) in [5, 5.41) is 23.8. The van der Waals surface area contributed by atoms with Crippen molar-refractivity contribution in [1.82, 2.24) is 20.2 Å². The van der Waals surface area contributed by atoms with Crippen LogP contribution < -0.4 is 5.32 Å². The van der Waals surface area contributed by atoms with Crippen LogP contribution in [0.25, 0.3) is 5.69 Å². The number of nitrogens with zero attached hydrogens (tertiary/aromatic N) is 5. The minimum Gasteiger partial charge on any atom is -0.325 e. The molecule has 0 radical (unpaired) electrons. The van der Waals surface area contributed by atoms with Gasteiger partial charge in [-0.2, -0.15) is 9.94 Å². The minimum absolute atomic E-state index is 0.190. The SMILES string of the molecule is Cc1ccc(-n2nnnc2SC(C)C(=O)Nc2cccc(C#N)c2)c(C)c1. The van der Waals surface area contributed by atoms with Crippen LogP contribution in [0.2, 0.25) is 0 Å². The molecular formula is C19H18N6OS. The van der Waals surface area contributed by atoms with E-state index in [9.17, 15) is 4.79 Å². The maximum atomic E-state index is 12.5. The zero-order chi connectivity index (χ0) is 19.4. The lowest BCUT2D eigenvalue weighted by Crippen LogP contribution is -2.23. The number of anilines is 1. The van der Waals surface area contributed by atoms with E-state index in [1.54, 1.807) is 35.9 Å². The van der Waals surface area contributed by atoms with Crippen LogP contribution in [0.3, 0.4) is 0 Å². The van der Waals surface area contributed by atoms with Gasteiger partial charge in [-0.25, -0.2) is 0 Å². The van der Waals surface area contributed by atoms with Gasteiger partial charge in [-0.15, -0.1) is 5.10 Å². The van der Waals surface area contributed by atoms with Gasteiger partial charge in [0.15, 0.2) is 0 Å². The molecule has 1 atom stereocenters.